The van der Waals surface area contributed by atoms with Crippen molar-refractivity contribution in [3.05, 3.63) is 65.5 Å². The number of hydrogen-bond acceptors (Lipinski definition) is 7. The van der Waals surface area contributed by atoms with Gasteiger partial charge in [-0.2, -0.15) is 0 Å². The molecule has 2 aliphatic heterocycles. The Morgan fingerprint density at radius 3 is 2.46 bits per heavy atom. The fraction of sp³-hybridized carbons (Fsp3) is 0.375. The van der Waals surface area contributed by atoms with Gasteiger partial charge >= 0.3 is 0 Å². The number of carbonyl (C=O) groups is 2. The number of pyridine rings is 1. The van der Waals surface area contributed by atoms with Crippen molar-refractivity contribution in [2.24, 2.45) is 0 Å². The summed E-state index contributed by atoms with van der Waals surface area (Å²) in [5, 5.41) is 13.5. The topological polar surface area (TPSA) is 124 Å². The van der Waals surface area contributed by atoms with Gasteiger partial charge in [0.1, 0.15) is 13.1 Å². The largest absolute Gasteiger partial charge is 0.872 e. The van der Waals surface area contributed by atoms with Crippen LogP contribution in [0.3, 0.4) is 0 Å². The molecule has 0 spiro atoms. The number of ketones is 1. The molecule has 1 aromatic heterocycles. The molecule has 0 saturated carbocycles. The first-order valence-corrected chi connectivity index (χ1v) is 12.8. The molecular weight excluding hydrogens is 472 g/mol. The van der Waals surface area contributed by atoms with E-state index < -0.39 is 33.5 Å². The van der Waals surface area contributed by atoms with Crippen molar-refractivity contribution < 1.29 is 32.8 Å². The lowest BCUT2D eigenvalue weighted by molar-refractivity contribution is -0.907. The van der Waals surface area contributed by atoms with Crippen LogP contribution in [0.15, 0.2) is 59.3 Å². The zero-order valence-electron chi connectivity index (χ0n) is 19.6. The number of sulfonamides is 1. The van der Waals surface area contributed by atoms with Gasteiger partial charge < -0.3 is 19.6 Å². The summed E-state index contributed by atoms with van der Waals surface area (Å²) in [6, 6.07) is 7.94. The lowest BCUT2D eigenvalue weighted by atomic mass is 9.96. The Morgan fingerprint density at radius 1 is 1.17 bits per heavy atom. The van der Waals surface area contributed by atoms with Crippen LogP contribution in [0.2, 0.25) is 0 Å². The van der Waals surface area contributed by atoms with Crippen LogP contribution in [-0.2, 0) is 24.3 Å². The number of nitrogens with one attached hydrogen (secondary N) is 1. The van der Waals surface area contributed by atoms with Gasteiger partial charge in [0, 0.05) is 32.1 Å². The number of amides is 1. The SMILES string of the molecule is CN(C)S(=O)(=O)c1ccc(C([O-])=C2C(=O)C(=O)N(CC[NH+]3CCOCC3)C2c2cccnc2)cc1. The predicted octanol–water partition coefficient (Wildman–Crippen LogP) is -1.53. The Hall–Kier alpha value is -3.12. The number of likely N-dealkylation sites (tertiary alicyclic amines) is 1. The summed E-state index contributed by atoms with van der Waals surface area (Å²) in [5.41, 5.74) is 0.551. The molecular formula is C24H28N4O6S. The lowest BCUT2D eigenvalue weighted by Gasteiger charge is -2.30. The second-order valence-corrected chi connectivity index (χ2v) is 10.8. The second kappa shape index (κ2) is 10.2. The van der Waals surface area contributed by atoms with Gasteiger partial charge in [-0.1, -0.05) is 24.0 Å². The maximum absolute atomic E-state index is 13.5. The van der Waals surface area contributed by atoms with Crippen LogP contribution in [0, 0.1) is 0 Å². The summed E-state index contributed by atoms with van der Waals surface area (Å²) >= 11 is 0. The third-order valence-electron chi connectivity index (χ3n) is 6.33. The third-order valence-corrected chi connectivity index (χ3v) is 8.16. The minimum atomic E-state index is -3.67. The van der Waals surface area contributed by atoms with Crippen molar-refractivity contribution in [2.75, 3.05) is 53.5 Å². The van der Waals surface area contributed by atoms with E-state index in [0.717, 1.165) is 17.4 Å². The van der Waals surface area contributed by atoms with Crippen LogP contribution in [0.1, 0.15) is 17.2 Å². The number of nitrogens with zero attached hydrogens (tertiary/aromatic N) is 3. The molecule has 1 unspecified atom stereocenters. The van der Waals surface area contributed by atoms with Gasteiger partial charge in [0.2, 0.25) is 15.8 Å². The third kappa shape index (κ3) is 4.98. The molecule has 1 N–H and O–H groups in total. The molecule has 2 fully saturated rings. The molecule has 3 heterocycles. The first-order chi connectivity index (χ1) is 16.7. The minimum Gasteiger partial charge on any atom is -0.872 e. The molecule has 35 heavy (non-hydrogen) atoms. The number of carbonyl (C=O) groups excluding carboxylic acids is 2. The normalized spacial score (nSPS) is 21.1. The van der Waals surface area contributed by atoms with Crippen molar-refractivity contribution in [3.63, 3.8) is 0 Å². The molecule has 4 rings (SSSR count). The van der Waals surface area contributed by atoms with Crippen LogP contribution in [0.4, 0.5) is 0 Å². The van der Waals surface area contributed by atoms with Gasteiger partial charge in [0.15, 0.2) is 0 Å². The Bertz CT molecular complexity index is 1220. The standard InChI is InChI=1S/C24H28N4O6S/c1-26(2)35(32,33)19-7-5-17(6-8-19)22(29)20-21(18-4-3-9-25-16-18)28(24(31)23(20)30)11-10-27-12-14-34-15-13-27/h3-9,16,21,29H,10-15H2,1-2H3. The maximum Gasteiger partial charge on any atom is 0.295 e. The first-order valence-electron chi connectivity index (χ1n) is 11.3. The van der Waals surface area contributed by atoms with E-state index in [2.05, 4.69) is 4.98 Å². The quantitative estimate of drug-likeness (QED) is 0.278. The monoisotopic (exact) mass is 500 g/mol. The summed E-state index contributed by atoms with van der Waals surface area (Å²) in [5.74, 6) is -2.17. The summed E-state index contributed by atoms with van der Waals surface area (Å²) in [6.07, 6.45) is 3.13. The highest BCUT2D eigenvalue weighted by Crippen LogP contribution is 2.38. The van der Waals surface area contributed by atoms with Gasteiger partial charge in [-0.05, 0) is 29.3 Å². The number of quaternary nitrogens is 1. The molecule has 186 valence electrons. The fourth-order valence-corrected chi connectivity index (χ4v) is 5.22. The Morgan fingerprint density at radius 2 is 1.86 bits per heavy atom. The number of ether oxygens (including phenoxy) is 1. The van der Waals surface area contributed by atoms with Crippen molar-refractivity contribution in [2.45, 2.75) is 10.9 Å². The molecule has 0 radical (unpaired) electrons. The number of rotatable bonds is 7. The van der Waals surface area contributed by atoms with Gasteiger partial charge in [0.25, 0.3) is 5.91 Å². The number of morpholine rings is 1. The van der Waals surface area contributed by atoms with Crippen molar-refractivity contribution in [1.82, 2.24) is 14.2 Å². The van der Waals surface area contributed by atoms with Gasteiger partial charge in [-0.3, -0.25) is 14.6 Å². The van der Waals surface area contributed by atoms with Crippen LogP contribution in [-0.4, -0.2) is 87.8 Å². The number of aromatic nitrogens is 1. The van der Waals surface area contributed by atoms with Crippen LogP contribution in [0.5, 0.6) is 0 Å². The molecule has 2 aliphatic rings. The first kappa shape index (κ1) is 25.0. The van der Waals surface area contributed by atoms with Gasteiger partial charge in [-0.15, -0.1) is 0 Å². The smallest absolute Gasteiger partial charge is 0.295 e. The van der Waals surface area contributed by atoms with E-state index >= 15 is 0 Å². The Labute approximate surface area is 204 Å². The zero-order valence-corrected chi connectivity index (χ0v) is 20.5. The maximum atomic E-state index is 13.5. The summed E-state index contributed by atoms with van der Waals surface area (Å²) in [6.45, 7) is 3.83. The van der Waals surface area contributed by atoms with Crippen molar-refractivity contribution in [3.8, 4) is 0 Å². The van der Waals surface area contributed by atoms with Crippen LogP contribution >= 0.6 is 0 Å². The minimum absolute atomic E-state index is 0.0248. The predicted molar refractivity (Wildman–Crippen MR) is 124 cm³/mol. The van der Waals surface area contributed by atoms with E-state index in [4.69, 9.17) is 4.74 Å². The zero-order chi connectivity index (χ0) is 25.2. The van der Waals surface area contributed by atoms with E-state index in [9.17, 15) is 23.1 Å². The second-order valence-electron chi connectivity index (χ2n) is 8.68. The summed E-state index contributed by atoms with van der Waals surface area (Å²) in [7, 11) is -0.841. The Balaban J connectivity index is 1.71. The van der Waals surface area contributed by atoms with Crippen molar-refractivity contribution >= 4 is 27.5 Å². The number of Topliss-reactive ketones (excluding diaryl/α,β-unsaturated/α-hetero) is 1. The molecule has 0 aliphatic carbocycles. The summed E-state index contributed by atoms with van der Waals surface area (Å²) < 4.78 is 31.2. The molecule has 10 nitrogen and oxygen atoms in total. The average molecular weight is 501 g/mol. The molecule has 1 atom stereocenters. The summed E-state index contributed by atoms with van der Waals surface area (Å²) in [4.78, 5) is 33.0. The van der Waals surface area contributed by atoms with E-state index in [0.29, 0.717) is 31.9 Å². The highest BCUT2D eigenvalue weighted by atomic mass is 32.2. The molecule has 1 amide bonds. The number of hydrogen-bond donors (Lipinski definition) is 1. The Kier molecular flexibility index (Phi) is 7.31. The van der Waals surface area contributed by atoms with Crippen molar-refractivity contribution in [1.29, 1.82) is 0 Å². The van der Waals surface area contributed by atoms with Gasteiger partial charge in [-0.25, -0.2) is 12.7 Å². The molecule has 2 saturated heterocycles. The molecule has 0 bridgehead atoms. The molecule has 2 aromatic rings. The number of benzene rings is 1. The van der Waals surface area contributed by atoms with E-state index in [-0.39, 0.29) is 16.0 Å². The highest BCUT2D eigenvalue weighted by Gasteiger charge is 2.44. The van der Waals surface area contributed by atoms with E-state index in [1.807, 2.05) is 0 Å². The van der Waals surface area contributed by atoms with E-state index in [1.54, 1.807) is 24.5 Å². The molecule has 1 aromatic carbocycles. The fourth-order valence-electron chi connectivity index (χ4n) is 4.32. The lowest BCUT2D eigenvalue weighted by Crippen LogP contribution is -3.14. The highest BCUT2D eigenvalue weighted by molar-refractivity contribution is 7.89. The molecule has 11 heteroatoms. The van der Waals surface area contributed by atoms with Crippen LogP contribution < -0.4 is 10.0 Å². The van der Waals surface area contributed by atoms with Gasteiger partial charge in [0.05, 0.1) is 37.2 Å². The van der Waals surface area contributed by atoms with Crippen LogP contribution in [0.25, 0.3) is 5.76 Å². The van der Waals surface area contributed by atoms with E-state index in [1.165, 1.54) is 48.2 Å². The average Bonchev–Trinajstić information content (AvgIpc) is 3.13.